The molecule has 0 radical (unpaired) electrons. The lowest BCUT2D eigenvalue weighted by Crippen LogP contribution is -1.99. The van der Waals surface area contributed by atoms with E-state index in [1.807, 2.05) is 18.5 Å². The molecule has 0 saturated carbocycles. The van der Waals surface area contributed by atoms with Gasteiger partial charge in [-0.25, -0.2) is 0 Å². The molecule has 2 aromatic rings. The Balaban J connectivity index is 1.87. The summed E-state index contributed by atoms with van der Waals surface area (Å²) in [6, 6.07) is 4.00. The van der Waals surface area contributed by atoms with Gasteiger partial charge in [-0.2, -0.15) is 0 Å². The van der Waals surface area contributed by atoms with Gasteiger partial charge < -0.3 is 4.57 Å². The highest BCUT2D eigenvalue weighted by atomic mass is 16.1. The molecule has 0 atom stereocenters. The number of carbonyl (C=O) groups is 1. The summed E-state index contributed by atoms with van der Waals surface area (Å²) >= 11 is 0. The number of fused-ring (bicyclic) bond motifs is 1. The van der Waals surface area contributed by atoms with E-state index in [-0.39, 0.29) is 0 Å². The molecule has 0 N–H and O–H groups in total. The van der Waals surface area contributed by atoms with E-state index < -0.39 is 0 Å². The third-order valence-electron chi connectivity index (χ3n) is 3.45. The highest BCUT2D eigenvalue weighted by Gasteiger charge is 2.17. The van der Waals surface area contributed by atoms with Crippen LogP contribution in [0, 0.1) is 0 Å². The molecule has 2 heterocycles. The number of aromatic nitrogens is 2. The molecule has 3 heteroatoms. The Morgan fingerprint density at radius 2 is 2.11 bits per heavy atom. The number of carbonyl (C=O) groups excluding carboxylic acids is 1. The molecule has 18 heavy (non-hydrogen) atoms. The highest BCUT2D eigenvalue weighted by molar-refractivity contribution is 5.97. The molecule has 0 saturated heterocycles. The maximum absolute atomic E-state index is 11.9. The van der Waals surface area contributed by atoms with Gasteiger partial charge in [0.05, 0.1) is 0 Å². The summed E-state index contributed by atoms with van der Waals surface area (Å²) in [6.45, 7) is 0.786. The number of hydrogen-bond acceptors (Lipinski definition) is 2. The van der Waals surface area contributed by atoms with Crippen molar-refractivity contribution in [3.05, 3.63) is 53.6 Å². The predicted octanol–water partition coefficient (Wildman–Crippen LogP) is 2.84. The summed E-state index contributed by atoms with van der Waals surface area (Å²) in [6.07, 6.45) is 11.6. The summed E-state index contributed by atoms with van der Waals surface area (Å²) in [5.41, 5.74) is 3.30. The van der Waals surface area contributed by atoms with E-state index in [1.54, 1.807) is 6.20 Å². The van der Waals surface area contributed by atoms with Gasteiger partial charge in [-0.05, 0) is 36.5 Å². The van der Waals surface area contributed by atoms with Crippen molar-refractivity contribution >= 4 is 5.78 Å². The van der Waals surface area contributed by atoms with Gasteiger partial charge in [-0.15, -0.1) is 0 Å². The Kier molecular flexibility index (Phi) is 2.97. The fourth-order valence-electron chi connectivity index (χ4n) is 2.54. The minimum absolute atomic E-state index is 0.299. The largest absolute Gasteiger partial charge is 0.349 e. The zero-order valence-electron chi connectivity index (χ0n) is 10.3. The first-order valence-electron chi connectivity index (χ1n) is 6.44. The Morgan fingerprint density at radius 3 is 2.94 bits per heavy atom. The lowest BCUT2D eigenvalue weighted by atomic mass is 10.1. The average Bonchev–Trinajstić information content (AvgIpc) is 2.71. The molecular formula is C15H16N2O. The van der Waals surface area contributed by atoms with Crippen molar-refractivity contribution in [3.63, 3.8) is 0 Å². The van der Waals surface area contributed by atoms with Crippen LogP contribution < -0.4 is 0 Å². The topological polar surface area (TPSA) is 34.9 Å². The zero-order chi connectivity index (χ0) is 12.4. The van der Waals surface area contributed by atoms with Gasteiger partial charge in [0, 0.05) is 43.3 Å². The second kappa shape index (κ2) is 4.77. The smallest absolute Gasteiger partial charge is 0.164 e. The standard InChI is InChI=1S/C15H16N2O/c18-15-6-2-1-5-13-10-17(11-14(13)15)9-12-4-3-7-16-8-12/h3-4,7-8,10-11H,1-2,5-6,9H2. The summed E-state index contributed by atoms with van der Waals surface area (Å²) < 4.78 is 2.10. The van der Waals surface area contributed by atoms with Gasteiger partial charge >= 0.3 is 0 Å². The normalized spacial score (nSPS) is 15.2. The molecule has 0 amide bonds. The van der Waals surface area contributed by atoms with Crippen LogP contribution in [0.15, 0.2) is 36.9 Å². The van der Waals surface area contributed by atoms with E-state index in [1.165, 1.54) is 5.56 Å². The fraction of sp³-hybridized carbons (Fsp3) is 0.333. The number of nitrogens with zero attached hydrogens (tertiary/aromatic N) is 2. The van der Waals surface area contributed by atoms with E-state index >= 15 is 0 Å². The van der Waals surface area contributed by atoms with Gasteiger partial charge in [0.1, 0.15) is 0 Å². The highest BCUT2D eigenvalue weighted by Crippen LogP contribution is 2.22. The van der Waals surface area contributed by atoms with Crippen molar-refractivity contribution in [2.24, 2.45) is 0 Å². The van der Waals surface area contributed by atoms with Crippen molar-refractivity contribution in [1.82, 2.24) is 9.55 Å². The van der Waals surface area contributed by atoms with Crippen LogP contribution in [0.2, 0.25) is 0 Å². The molecule has 0 fully saturated rings. The summed E-state index contributed by atoms with van der Waals surface area (Å²) in [5.74, 6) is 0.299. The average molecular weight is 240 g/mol. The van der Waals surface area contributed by atoms with Gasteiger partial charge in [-0.3, -0.25) is 9.78 Å². The van der Waals surface area contributed by atoms with E-state index in [0.29, 0.717) is 12.2 Å². The molecule has 2 aromatic heterocycles. The van der Waals surface area contributed by atoms with Crippen LogP contribution in [0.1, 0.15) is 40.7 Å². The summed E-state index contributed by atoms with van der Waals surface area (Å²) in [4.78, 5) is 16.1. The number of hydrogen-bond donors (Lipinski definition) is 0. The van der Waals surface area contributed by atoms with Gasteiger partial charge in [0.2, 0.25) is 0 Å². The van der Waals surface area contributed by atoms with Crippen LogP contribution in [0.4, 0.5) is 0 Å². The Labute approximate surface area is 106 Å². The van der Waals surface area contributed by atoms with Crippen LogP contribution in [0.3, 0.4) is 0 Å². The molecule has 0 unspecified atom stereocenters. The maximum Gasteiger partial charge on any atom is 0.164 e. The van der Waals surface area contributed by atoms with Crippen molar-refractivity contribution in [1.29, 1.82) is 0 Å². The molecule has 0 aromatic carbocycles. The van der Waals surface area contributed by atoms with E-state index in [9.17, 15) is 4.79 Å². The van der Waals surface area contributed by atoms with Crippen LogP contribution in [0.25, 0.3) is 0 Å². The van der Waals surface area contributed by atoms with Crippen molar-refractivity contribution in [2.75, 3.05) is 0 Å². The van der Waals surface area contributed by atoms with Crippen molar-refractivity contribution in [2.45, 2.75) is 32.2 Å². The van der Waals surface area contributed by atoms with Gasteiger partial charge in [-0.1, -0.05) is 6.07 Å². The van der Waals surface area contributed by atoms with Crippen molar-refractivity contribution < 1.29 is 4.79 Å². The first-order chi connectivity index (χ1) is 8.83. The zero-order valence-corrected chi connectivity index (χ0v) is 10.3. The number of Topliss-reactive ketones (excluding diaryl/α,β-unsaturated/α-hetero) is 1. The lowest BCUT2D eigenvalue weighted by Gasteiger charge is -2.02. The number of pyridine rings is 1. The molecule has 0 aliphatic heterocycles. The van der Waals surface area contributed by atoms with Gasteiger partial charge in [0.25, 0.3) is 0 Å². The first-order valence-corrected chi connectivity index (χ1v) is 6.44. The molecule has 0 spiro atoms. The molecule has 92 valence electrons. The third kappa shape index (κ3) is 2.21. The molecule has 0 bridgehead atoms. The predicted molar refractivity (Wildman–Crippen MR) is 69.7 cm³/mol. The SMILES string of the molecule is O=C1CCCCc2cn(Cc3cccnc3)cc21. The minimum atomic E-state index is 0.299. The Bertz CT molecular complexity index is 557. The number of ketones is 1. The number of aryl methyl sites for hydroxylation is 1. The van der Waals surface area contributed by atoms with Crippen LogP contribution in [0.5, 0.6) is 0 Å². The summed E-state index contributed by atoms with van der Waals surface area (Å²) in [5, 5.41) is 0. The van der Waals surface area contributed by atoms with Crippen LogP contribution >= 0.6 is 0 Å². The molecule has 1 aliphatic carbocycles. The molecular weight excluding hydrogens is 224 g/mol. The van der Waals surface area contributed by atoms with Crippen molar-refractivity contribution in [3.8, 4) is 0 Å². The van der Waals surface area contributed by atoms with E-state index in [4.69, 9.17) is 0 Å². The van der Waals surface area contributed by atoms with Gasteiger partial charge in [0.15, 0.2) is 5.78 Å². The lowest BCUT2D eigenvalue weighted by molar-refractivity contribution is 0.0982. The molecule has 3 rings (SSSR count). The monoisotopic (exact) mass is 240 g/mol. The number of rotatable bonds is 2. The quantitative estimate of drug-likeness (QED) is 0.756. The van der Waals surface area contributed by atoms with E-state index in [0.717, 1.165) is 36.9 Å². The first kappa shape index (κ1) is 11.2. The fourth-order valence-corrected chi connectivity index (χ4v) is 2.54. The molecule has 3 nitrogen and oxygen atoms in total. The minimum Gasteiger partial charge on any atom is -0.349 e. The Hall–Kier alpha value is -1.90. The Morgan fingerprint density at radius 1 is 1.22 bits per heavy atom. The molecule has 1 aliphatic rings. The summed E-state index contributed by atoms with van der Waals surface area (Å²) in [7, 11) is 0. The second-order valence-electron chi connectivity index (χ2n) is 4.86. The van der Waals surface area contributed by atoms with E-state index in [2.05, 4.69) is 21.8 Å². The maximum atomic E-state index is 11.9. The second-order valence-corrected chi connectivity index (χ2v) is 4.86. The van der Waals surface area contributed by atoms with Crippen LogP contribution in [-0.2, 0) is 13.0 Å². The third-order valence-corrected chi connectivity index (χ3v) is 3.45. The van der Waals surface area contributed by atoms with Crippen LogP contribution in [-0.4, -0.2) is 15.3 Å².